The van der Waals surface area contributed by atoms with Crippen LogP contribution >= 0.6 is 39.1 Å². The van der Waals surface area contributed by atoms with E-state index in [1.54, 1.807) is 0 Å². The highest BCUT2D eigenvalue weighted by atomic mass is 79.9. The lowest BCUT2D eigenvalue weighted by Gasteiger charge is -2.37. The number of benzene rings is 2. The second-order valence-corrected chi connectivity index (χ2v) is 11.6. The van der Waals surface area contributed by atoms with Crippen LogP contribution in [0.1, 0.15) is 43.3 Å². The van der Waals surface area contributed by atoms with E-state index in [2.05, 4.69) is 31.4 Å². The van der Waals surface area contributed by atoms with Gasteiger partial charge in [-0.3, -0.25) is 9.89 Å². The maximum absolute atomic E-state index is 13.0. The van der Waals surface area contributed by atoms with Crippen molar-refractivity contribution in [1.29, 1.82) is 0 Å². The number of nitrogens with zero attached hydrogens (tertiary/aromatic N) is 2. The number of pyridine rings is 1. The number of fused-ring (bicyclic) bond motifs is 1. The first kappa shape index (κ1) is 25.8. The molecule has 0 aliphatic carbocycles. The van der Waals surface area contributed by atoms with Crippen molar-refractivity contribution in [2.75, 3.05) is 0 Å². The Kier molecular flexibility index (Phi) is 7.05. The van der Waals surface area contributed by atoms with Crippen LogP contribution in [0.5, 0.6) is 5.88 Å². The van der Waals surface area contributed by atoms with Gasteiger partial charge >= 0.3 is 0 Å². The standard InChI is InChI=1S/C28H25BrCl2N4O2/c1-15-10-19(35-34-15)12-25(36)32-24-14-28(2,3)37-27-22(24)13-21(16-4-7-18(30)8-5-16)26(33-27)20-9-6-17(29)11-23(20)31/h4-11,13,24H,12,14H2,1-3H3,(H,32,36)(H,34,35)/t24-/m1/s1. The Morgan fingerprint density at radius 3 is 2.57 bits per heavy atom. The highest BCUT2D eigenvalue weighted by molar-refractivity contribution is 9.10. The third-order valence-corrected chi connectivity index (χ3v) is 7.29. The van der Waals surface area contributed by atoms with Gasteiger partial charge in [0.2, 0.25) is 11.8 Å². The molecule has 1 amide bonds. The molecule has 1 aliphatic rings. The van der Waals surface area contributed by atoms with Gasteiger partial charge in [-0.1, -0.05) is 57.3 Å². The Bertz CT molecular complexity index is 1480. The number of rotatable bonds is 5. The van der Waals surface area contributed by atoms with Crippen molar-refractivity contribution < 1.29 is 9.53 Å². The van der Waals surface area contributed by atoms with Gasteiger partial charge in [0.05, 0.1) is 28.9 Å². The number of aromatic amines is 1. The fourth-order valence-electron chi connectivity index (χ4n) is 4.59. The minimum atomic E-state index is -0.538. The number of carbonyl (C=O) groups excluding carboxylic acids is 1. The van der Waals surface area contributed by atoms with Crippen LogP contribution in [0.4, 0.5) is 0 Å². The summed E-state index contributed by atoms with van der Waals surface area (Å²) in [5.41, 5.74) is 5.14. The zero-order valence-electron chi connectivity index (χ0n) is 20.5. The SMILES string of the molecule is Cc1cc(CC(=O)N[C@@H]2CC(C)(C)Oc3nc(-c4ccc(Br)cc4Cl)c(-c4ccc(Cl)cc4)cc32)n[nH]1. The third-order valence-electron chi connectivity index (χ3n) is 6.24. The Labute approximate surface area is 233 Å². The van der Waals surface area contributed by atoms with Crippen molar-refractivity contribution in [2.24, 2.45) is 0 Å². The largest absolute Gasteiger partial charge is 0.471 e. The number of hydrogen-bond donors (Lipinski definition) is 2. The molecule has 2 aromatic heterocycles. The van der Waals surface area contributed by atoms with E-state index in [4.69, 9.17) is 32.9 Å². The van der Waals surface area contributed by atoms with Gasteiger partial charge in [-0.05, 0) is 62.7 Å². The highest BCUT2D eigenvalue weighted by Gasteiger charge is 2.37. The van der Waals surface area contributed by atoms with E-state index >= 15 is 0 Å². The second-order valence-electron chi connectivity index (χ2n) is 9.82. The summed E-state index contributed by atoms with van der Waals surface area (Å²) < 4.78 is 7.21. The summed E-state index contributed by atoms with van der Waals surface area (Å²) in [6.45, 7) is 5.89. The van der Waals surface area contributed by atoms with Gasteiger partial charge in [-0.2, -0.15) is 5.10 Å². The van der Waals surface area contributed by atoms with E-state index < -0.39 is 5.60 Å². The second kappa shape index (κ2) is 10.1. The number of nitrogens with one attached hydrogen (secondary N) is 2. The summed E-state index contributed by atoms with van der Waals surface area (Å²) >= 11 is 16.3. The first-order chi connectivity index (χ1) is 17.6. The maximum Gasteiger partial charge on any atom is 0.226 e. The molecule has 2 N–H and O–H groups in total. The molecule has 0 fully saturated rings. The smallest absolute Gasteiger partial charge is 0.226 e. The highest BCUT2D eigenvalue weighted by Crippen LogP contribution is 2.44. The number of ether oxygens (including phenoxy) is 1. The fraction of sp³-hybridized carbons (Fsp3) is 0.250. The minimum Gasteiger partial charge on any atom is -0.471 e. The summed E-state index contributed by atoms with van der Waals surface area (Å²) in [5.74, 6) is 0.358. The zero-order chi connectivity index (χ0) is 26.3. The number of hydrogen-bond acceptors (Lipinski definition) is 4. The number of carbonyl (C=O) groups is 1. The predicted octanol–water partition coefficient (Wildman–Crippen LogP) is 7.48. The van der Waals surface area contributed by atoms with Crippen molar-refractivity contribution in [3.8, 4) is 28.3 Å². The Hall–Kier alpha value is -2.87. The molecule has 0 saturated carbocycles. The molecule has 0 spiro atoms. The Balaban J connectivity index is 1.61. The molecule has 4 aromatic rings. The van der Waals surface area contributed by atoms with E-state index in [1.165, 1.54) is 0 Å². The van der Waals surface area contributed by atoms with Crippen LogP contribution in [0.2, 0.25) is 10.0 Å². The van der Waals surface area contributed by atoms with Crippen molar-refractivity contribution in [2.45, 2.75) is 45.3 Å². The average Bonchev–Trinajstić information content (AvgIpc) is 3.22. The normalized spacial score (nSPS) is 16.1. The molecule has 190 valence electrons. The van der Waals surface area contributed by atoms with Gasteiger partial charge < -0.3 is 10.1 Å². The quantitative estimate of drug-likeness (QED) is 0.249. The molecule has 1 atom stereocenters. The summed E-state index contributed by atoms with van der Waals surface area (Å²) in [7, 11) is 0. The number of amides is 1. The molecule has 3 heterocycles. The van der Waals surface area contributed by atoms with Crippen LogP contribution in [0.3, 0.4) is 0 Å². The van der Waals surface area contributed by atoms with Crippen LogP contribution in [0, 0.1) is 6.92 Å². The van der Waals surface area contributed by atoms with Gasteiger partial charge in [-0.15, -0.1) is 0 Å². The summed E-state index contributed by atoms with van der Waals surface area (Å²) in [6.07, 6.45) is 0.771. The van der Waals surface area contributed by atoms with E-state index in [1.807, 2.05) is 75.4 Å². The molecule has 1 aliphatic heterocycles. The summed E-state index contributed by atoms with van der Waals surface area (Å²) in [5, 5.41) is 11.5. The molecule has 2 aromatic carbocycles. The van der Waals surface area contributed by atoms with Crippen LogP contribution < -0.4 is 10.1 Å². The first-order valence-electron chi connectivity index (χ1n) is 11.8. The van der Waals surface area contributed by atoms with Gasteiger partial charge in [0, 0.05) is 38.3 Å². The van der Waals surface area contributed by atoms with E-state index in [0.717, 1.165) is 32.4 Å². The zero-order valence-corrected chi connectivity index (χ0v) is 23.6. The monoisotopic (exact) mass is 598 g/mol. The third kappa shape index (κ3) is 5.69. The lowest BCUT2D eigenvalue weighted by Crippen LogP contribution is -2.42. The summed E-state index contributed by atoms with van der Waals surface area (Å²) in [6, 6.07) is 16.9. The molecule has 9 heteroatoms. The molecular formula is C28H25BrCl2N4O2. The van der Waals surface area contributed by atoms with Crippen LogP contribution in [0.25, 0.3) is 22.4 Å². The predicted molar refractivity (Wildman–Crippen MR) is 150 cm³/mol. The molecule has 37 heavy (non-hydrogen) atoms. The number of H-pyrrole nitrogens is 1. The average molecular weight is 600 g/mol. The Morgan fingerprint density at radius 2 is 1.89 bits per heavy atom. The maximum atomic E-state index is 13.0. The first-order valence-corrected chi connectivity index (χ1v) is 13.4. The van der Waals surface area contributed by atoms with E-state index in [9.17, 15) is 4.79 Å². The molecule has 0 unspecified atom stereocenters. The van der Waals surface area contributed by atoms with Crippen molar-refractivity contribution >= 4 is 45.0 Å². The van der Waals surface area contributed by atoms with Crippen molar-refractivity contribution in [1.82, 2.24) is 20.5 Å². The molecule has 0 saturated heterocycles. The molecular weight excluding hydrogens is 575 g/mol. The van der Waals surface area contributed by atoms with E-state index in [0.29, 0.717) is 33.7 Å². The Morgan fingerprint density at radius 1 is 1.14 bits per heavy atom. The lowest BCUT2D eigenvalue weighted by atomic mass is 9.88. The molecule has 5 rings (SSSR count). The lowest BCUT2D eigenvalue weighted by molar-refractivity contribution is -0.121. The van der Waals surface area contributed by atoms with Crippen molar-refractivity contribution in [3.05, 3.63) is 86.1 Å². The van der Waals surface area contributed by atoms with Crippen LogP contribution in [0.15, 0.2) is 59.1 Å². The van der Waals surface area contributed by atoms with Gasteiger partial charge in [0.25, 0.3) is 0 Å². The van der Waals surface area contributed by atoms with Crippen LogP contribution in [-0.4, -0.2) is 26.7 Å². The van der Waals surface area contributed by atoms with Gasteiger partial charge in [-0.25, -0.2) is 4.98 Å². The molecule has 0 bridgehead atoms. The molecule has 6 nitrogen and oxygen atoms in total. The van der Waals surface area contributed by atoms with Crippen molar-refractivity contribution in [3.63, 3.8) is 0 Å². The molecule has 0 radical (unpaired) electrons. The van der Waals surface area contributed by atoms with Gasteiger partial charge in [0.1, 0.15) is 5.60 Å². The minimum absolute atomic E-state index is 0.117. The fourth-order valence-corrected chi connectivity index (χ4v) is 5.48. The van der Waals surface area contributed by atoms with Crippen LogP contribution in [-0.2, 0) is 11.2 Å². The summed E-state index contributed by atoms with van der Waals surface area (Å²) in [4.78, 5) is 18.0. The number of aryl methyl sites for hydroxylation is 1. The van der Waals surface area contributed by atoms with E-state index in [-0.39, 0.29) is 18.4 Å². The number of halogens is 3. The van der Waals surface area contributed by atoms with Gasteiger partial charge in [0.15, 0.2) is 0 Å². The number of aromatic nitrogens is 3. The topological polar surface area (TPSA) is 79.9 Å².